The van der Waals surface area contributed by atoms with Gasteiger partial charge in [-0.25, -0.2) is 19.2 Å². The molecule has 1 aromatic heterocycles. The van der Waals surface area contributed by atoms with Gasteiger partial charge in [0.1, 0.15) is 18.0 Å². The summed E-state index contributed by atoms with van der Waals surface area (Å²) in [5, 5.41) is 14.8. The number of anilines is 2. The summed E-state index contributed by atoms with van der Waals surface area (Å²) in [5.74, 6) is 0.0176. The first-order valence-corrected chi connectivity index (χ1v) is 10.7. The smallest absolute Gasteiger partial charge is 0.412 e. The molecular weight excluding hydrogens is 441 g/mol. The van der Waals surface area contributed by atoms with E-state index in [9.17, 15) is 9.18 Å². The van der Waals surface area contributed by atoms with Gasteiger partial charge < -0.3 is 19.5 Å². The van der Waals surface area contributed by atoms with Gasteiger partial charge in [-0.15, -0.1) is 0 Å². The molecule has 2 N–H and O–H groups in total. The number of nitriles is 1. The molecule has 0 saturated carbocycles. The third kappa shape index (κ3) is 4.66. The van der Waals surface area contributed by atoms with Crippen molar-refractivity contribution in [2.45, 2.75) is 24.4 Å². The van der Waals surface area contributed by atoms with Crippen LogP contribution < -0.4 is 10.6 Å². The van der Waals surface area contributed by atoms with E-state index in [-0.39, 0.29) is 24.6 Å². The van der Waals surface area contributed by atoms with Crippen molar-refractivity contribution >= 4 is 17.7 Å². The number of halogens is 1. The zero-order valence-electron chi connectivity index (χ0n) is 17.8. The van der Waals surface area contributed by atoms with Gasteiger partial charge in [0.05, 0.1) is 36.6 Å². The van der Waals surface area contributed by atoms with Crippen LogP contribution in [0.3, 0.4) is 0 Å². The molecule has 2 fully saturated rings. The number of nitrogens with one attached hydrogen (secondary N) is 2. The Morgan fingerprint density at radius 3 is 2.82 bits per heavy atom. The van der Waals surface area contributed by atoms with Crippen molar-refractivity contribution in [1.82, 2.24) is 9.97 Å². The molecule has 2 aliphatic rings. The minimum absolute atomic E-state index is 0.184. The lowest BCUT2D eigenvalue weighted by Gasteiger charge is -2.18. The number of carbonyl (C=O) groups excluding carboxylic acids is 1. The molecule has 2 saturated heterocycles. The fraction of sp³-hybridized carbons (Fsp3) is 0.250. The fourth-order valence-electron chi connectivity index (χ4n) is 4.04. The Kier molecular flexibility index (Phi) is 6.03. The summed E-state index contributed by atoms with van der Waals surface area (Å²) in [7, 11) is 0. The summed E-state index contributed by atoms with van der Waals surface area (Å²) in [6.07, 6.45) is -0.456. The third-order valence-electron chi connectivity index (χ3n) is 5.59. The van der Waals surface area contributed by atoms with Gasteiger partial charge in [-0.3, -0.25) is 5.32 Å². The maximum atomic E-state index is 13.6. The van der Waals surface area contributed by atoms with Crippen LogP contribution in [0.5, 0.6) is 0 Å². The predicted molar refractivity (Wildman–Crippen MR) is 119 cm³/mol. The molecule has 0 unspecified atom stereocenters. The minimum atomic E-state index is -0.657. The van der Waals surface area contributed by atoms with Crippen LogP contribution in [-0.4, -0.2) is 53.6 Å². The lowest BCUT2D eigenvalue weighted by Crippen LogP contribution is -2.38. The van der Waals surface area contributed by atoms with E-state index in [2.05, 4.69) is 20.6 Å². The molecule has 2 aliphatic heterocycles. The van der Waals surface area contributed by atoms with E-state index in [4.69, 9.17) is 19.5 Å². The third-order valence-corrected chi connectivity index (χ3v) is 5.59. The fourth-order valence-corrected chi connectivity index (χ4v) is 4.04. The summed E-state index contributed by atoms with van der Waals surface area (Å²) in [6.45, 7) is 0.498. The Bertz CT molecular complexity index is 1250. The Balaban J connectivity index is 1.20. The molecule has 0 spiro atoms. The number of nitrogens with zero attached hydrogens (tertiary/aromatic N) is 3. The largest absolute Gasteiger partial charge is 0.441 e. The van der Waals surface area contributed by atoms with Gasteiger partial charge >= 0.3 is 6.09 Å². The molecule has 3 heterocycles. The van der Waals surface area contributed by atoms with Gasteiger partial charge in [0.15, 0.2) is 6.10 Å². The average Bonchev–Trinajstić information content (AvgIpc) is 3.42. The molecule has 5 rings (SSSR count). The second kappa shape index (κ2) is 9.43. The van der Waals surface area contributed by atoms with Gasteiger partial charge in [0, 0.05) is 17.4 Å². The van der Waals surface area contributed by atoms with E-state index >= 15 is 0 Å². The second-order valence-electron chi connectivity index (χ2n) is 7.88. The molecule has 34 heavy (non-hydrogen) atoms. The molecule has 10 heteroatoms. The highest BCUT2D eigenvalue weighted by atomic mass is 19.1. The first kappa shape index (κ1) is 21.8. The van der Waals surface area contributed by atoms with Crippen molar-refractivity contribution in [3.63, 3.8) is 0 Å². The number of amides is 1. The van der Waals surface area contributed by atoms with Crippen molar-refractivity contribution in [2.75, 3.05) is 23.8 Å². The van der Waals surface area contributed by atoms with E-state index in [1.807, 2.05) is 6.07 Å². The molecule has 0 bridgehead atoms. The van der Waals surface area contributed by atoms with Crippen molar-refractivity contribution < 1.29 is 23.4 Å². The van der Waals surface area contributed by atoms with Crippen LogP contribution in [0.15, 0.2) is 60.8 Å². The molecule has 0 aliphatic carbocycles. The van der Waals surface area contributed by atoms with Gasteiger partial charge in [-0.1, -0.05) is 18.2 Å². The molecule has 9 nitrogen and oxygen atoms in total. The number of benzene rings is 2. The molecule has 4 atom stereocenters. The van der Waals surface area contributed by atoms with Crippen molar-refractivity contribution in [3.8, 4) is 17.3 Å². The van der Waals surface area contributed by atoms with Gasteiger partial charge in [-0.2, -0.15) is 5.26 Å². The summed E-state index contributed by atoms with van der Waals surface area (Å²) in [5.41, 5.74) is 2.11. The monoisotopic (exact) mass is 461 g/mol. The summed E-state index contributed by atoms with van der Waals surface area (Å²) >= 11 is 0. The molecular formula is C24H20FN5O4. The predicted octanol–water partition coefficient (Wildman–Crippen LogP) is 3.35. The van der Waals surface area contributed by atoms with Crippen LogP contribution in [0.4, 0.5) is 20.8 Å². The Morgan fingerprint density at radius 1 is 1.12 bits per heavy atom. The summed E-state index contributed by atoms with van der Waals surface area (Å²) < 4.78 is 30.8. The van der Waals surface area contributed by atoms with Gasteiger partial charge in [0.2, 0.25) is 5.95 Å². The standard InChI is InChI=1S/C24H20FN5O4/c25-16-5-2-4-15(10-16)18-7-8-27-23(29-18)30-19-12-32-22-20(13-33-21(19)22)34-24(31)28-17-6-1-3-14(9-17)11-26/h1-10,19-22H,12-13H2,(H,28,31)(H,27,29,30)/t19-,20-,21-,22+/m0/s1. The molecule has 1 amide bonds. The highest BCUT2D eigenvalue weighted by Crippen LogP contribution is 2.31. The zero-order valence-corrected chi connectivity index (χ0v) is 17.8. The lowest BCUT2D eigenvalue weighted by molar-refractivity contribution is 0.00917. The number of ether oxygens (including phenoxy) is 3. The summed E-state index contributed by atoms with van der Waals surface area (Å²) in [6, 6.07) is 16.2. The number of hydrogen-bond donors (Lipinski definition) is 2. The molecule has 0 radical (unpaired) electrons. The van der Waals surface area contributed by atoms with Gasteiger partial charge in [0.25, 0.3) is 0 Å². The second-order valence-corrected chi connectivity index (χ2v) is 7.88. The highest BCUT2D eigenvalue weighted by Gasteiger charge is 2.49. The highest BCUT2D eigenvalue weighted by molar-refractivity contribution is 5.85. The van der Waals surface area contributed by atoms with Crippen LogP contribution in [-0.2, 0) is 14.2 Å². The maximum Gasteiger partial charge on any atom is 0.412 e. The first-order chi connectivity index (χ1) is 16.6. The van der Waals surface area contributed by atoms with E-state index in [1.54, 1.807) is 48.7 Å². The van der Waals surface area contributed by atoms with Crippen LogP contribution in [0.2, 0.25) is 0 Å². The van der Waals surface area contributed by atoms with E-state index < -0.39 is 18.3 Å². The quantitative estimate of drug-likeness (QED) is 0.594. The van der Waals surface area contributed by atoms with Gasteiger partial charge in [-0.05, 0) is 36.4 Å². The SMILES string of the molecule is N#Cc1cccc(NC(=O)O[C@H]2CO[C@@H]3[C@@H]2OC[C@@H]3Nc2nccc(-c3cccc(F)c3)n2)c1. The number of fused-ring (bicyclic) bond motifs is 1. The Hall–Kier alpha value is -4.07. The molecule has 172 valence electrons. The number of rotatable bonds is 5. The van der Waals surface area contributed by atoms with Crippen molar-refractivity contribution in [2.24, 2.45) is 0 Å². The van der Waals surface area contributed by atoms with E-state index in [0.717, 1.165) is 0 Å². The lowest BCUT2D eigenvalue weighted by atomic mass is 10.1. The van der Waals surface area contributed by atoms with Crippen LogP contribution in [0, 0.1) is 17.1 Å². The van der Waals surface area contributed by atoms with Crippen molar-refractivity contribution in [3.05, 3.63) is 72.2 Å². The number of aromatic nitrogens is 2. The first-order valence-electron chi connectivity index (χ1n) is 10.7. The Morgan fingerprint density at radius 2 is 1.97 bits per heavy atom. The zero-order chi connectivity index (χ0) is 23.5. The van der Waals surface area contributed by atoms with Crippen molar-refractivity contribution in [1.29, 1.82) is 5.26 Å². The molecule has 3 aromatic rings. The number of carbonyl (C=O) groups is 1. The van der Waals surface area contributed by atoms with E-state index in [1.165, 1.54) is 12.1 Å². The topological polar surface area (TPSA) is 118 Å². The maximum absolute atomic E-state index is 13.6. The Labute approximate surface area is 194 Å². The normalized spacial score (nSPS) is 23.1. The molecule has 2 aromatic carbocycles. The average molecular weight is 461 g/mol. The summed E-state index contributed by atoms with van der Waals surface area (Å²) in [4.78, 5) is 21.1. The minimum Gasteiger partial charge on any atom is -0.441 e. The number of hydrogen-bond acceptors (Lipinski definition) is 8. The van der Waals surface area contributed by atoms with Crippen LogP contribution in [0.1, 0.15) is 5.56 Å². The van der Waals surface area contributed by atoms with E-state index in [0.29, 0.717) is 35.1 Å². The van der Waals surface area contributed by atoms with Crippen LogP contribution >= 0.6 is 0 Å². The van der Waals surface area contributed by atoms with Crippen LogP contribution in [0.25, 0.3) is 11.3 Å².